The lowest BCUT2D eigenvalue weighted by molar-refractivity contribution is -0.122. The Hall–Kier alpha value is -1.84. The number of nitrogens with zero attached hydrogens (tertiary/aromatic N) is 1. The van der Waals surface area contributed by atoms with Crippen LogP contribution < -0.4 is 9.64 Å². The Morgan fingerprint density at radius 1 is 1.16 bits per heavy atom. The molecule has 0 N–H and O–H groups in total. The van der Waals surface area contributed by atoms with Gasteiger partial charge >= 0.3 is 0 Å². The van der Waals surface area contributed by atoms with Crippen molar-refractivity contribution in [2.45, 2.75) is 39.7 Å². The van der Waals surface area contributed by atoms with Gasteiger partial charge in [-0.15, -0.1) is 0 Å². The average Bonchev–Trinajstić information content (AvgIpc) is 2.35. The van der Waals surface area contributed by atoms with Crippen molar-refractivity contribution in [1.29, 1.82) is 0 Å². The lowest BCUT2D eigenvalue weighted by Gasteiger charge is -2.18. The summed E-state index contributed by atoms with van der Waals surface area (Å²) in [6, 6.07) is 7.35. The number of Topliss-reactive ketones (excluding diaryl/α,β-unsaturated/α-hetero) is 1. The van der Waals surface area contributed by atoms with Gasteiger partial charge in [0.15, 0.2) is 0 Å². The third-order valence-corrected chi connectivity index (χ3v) is 2.66. The Morgan fingerprint density at radius 2 is 1.74 bits per heavy atom. The monoisotopic (exact) mass is 263 g/mol. The van der Waals surface area contributed by atoms with Crippen molar-refractivity contribution in [2.75, 3.05) is 11.9 Å². The van der Waals surface area contributed by atoms with E-state index in [1.807, 2.05) is 38.1 Å². The van der Waals surface area contributed by atoms with Gasteiger partial charge < -0.3 is 14.4 Å². The van der Waals surface area contributed by atoms with Gasteiger partial charge in [-0.25, -0.2) is 0 Å². The van der Waals surface area contributed by atoms with Gasteiger partial charge in [0, 0.05) is 25.6 Å². The Labute approximate surface area is 114 Å². The number of hydrogen-bond acceptors (Lipinski definition) is 3. The van der Waals surface area contributed by atoms with Gasteiger partial charge in [-0.05, 0) is 45.0 Å². The molecule has 0 unspecified atom stereocenters. The maximum Gasteiger partial charge on any atom is 0.227 e. The molecule has 0 aliphatic carbocycles. The average molecular weight is 263 g/mol. The predicted molar refractivity (Wildman–Crippen MR) is 75.5 cm³/mol. The largest absolute Gasteiger partial charge is 0.491 e. The highest BCUT2D eigenvalue weighted by Crippen LogP contribution is 2.20. The lowest BCUT2D eigenvalue weighted by Crippen LogP contribution is -2.26. The predicted octanol–water partition coefficient (Wildman–Crippen LogP) is 2.81. The summed E-state index contributed by atoms with van der Waals surface area (Å²) in [5.74, 6) is 0.749. The topological polar surface area (TPSA) is 46.6 Å². The molecule has 0 atom stereocenters. The van der Waals surface area contributed by atoms with Crippen molar-refractivity contribution >= 4 is 17.4 Å². The van der Waals surface area contributed by atoms with E-state index in [4.69, 9.17) is 4.74 Å². The van der Waals surface area contributed by atoms with E-state index in [1.165, 1.54) is 6.92 Å². The minimum atomic E-state index is -0.0623. The molecule has 0 saturated carbocycles. The summed E-state index contributed by atoms with van der Waals surface area (Å²) in [5.41, 5.74) is 0.796. The Kier molecular flexibility index (Phi) is 5.55. The summed E-state index contributed by atoms with van der Waals surface area (Å²) in [4.78, 5) is 24.3. The van der Waals surface area contributed by atoms with E-state index >= 15 is 0 Å². The number of ether oxygens (including phenoxy) is 1. The molecule has 1 aromatic carbocycles. The maximum atomic E-state index is 11.9. The van der Waals surface area contributed by atoms with E-state index < -0.39 is 0 Å². The number of benzene rings is 1. The molecule has 0 fully saturated rings. The molecule has 0 aliphatic heterocycles. The quantitative estimate of drug-likeness (QED) is 0.793. The summed E-state index contributed by atoms with van der Waals surface area (Å²) < 4.78 is 5.54. The van der Waals surface area contributed by atoms with Gasteiger partial charge in [-0.3, -0.25) is 4.79 Å². The molecule has 4 heteroatoms. The van der Waals surface area contributed by atoms with Crippen LogP contribution in [0.5, 0.6) is 5.75 Å². The number of carbonyl (C=O) groups is 2. The van der Waals surface area contributed by atoms with E-state index in [1.54, 1.807) is 11.9 Å². The molecule has 1 aromatic rings. The third-order valence-electron chi connectivity index (χ3n) is 2.66. The van der Waals surface area contributed by atoms with Crippen LogP contribution in [0, 0.1) is 0 Å². The zero-order valence-electron chi connectivity index (χ0n) is 12.0. The number of anilines is 1. The van der Waals surface area contributed by atoms with E-state index in [9.17, 15) is 9.59 Å². The molecule has 0 heterocycles. The van der Waals surface area contributed by atoms with Crippen LogP contribution in [0.3, 0.4) is 0 Å². The number of ketones is 1. The van der Waals surface area contributed by atoms with Crippen LogP contribution in [0.15, 0.2) is 24.3 Å². The molecule has 0 aliphatic rings. The molecule has 4 nitrogen and oxygen atoms in total. The highest BCUT2D eigenvalue weighted by molar-refractivity contribution is 5.94. The van der Waals surface area contributed by atoms with Gasteiger partial charge in [0.05, 0.1) is 6.10 Å². The molecule has 0 saturated heterocycles. The smallest absolute Gasteiger partial charge is 0.227 e. The van der Waals surface area contributed by atoms with Gasteiger partial charge in [0.1, 0.15) is 11.5 Å². The fourth-order valence-corrected chi connectivity index (χ4v) is 1.62. The van der Waals surface area contributed by atoms with Crippen LogP contribution in [0.2, 0.25) is 0 Å². The highest BCUT2D eigenvalue weighted by atomic mass is 16.5. The summed E-state index contributed by atoms with van der Waals surface area (Å²) >= 11 is 0. The van der Waals surface area contributed by atoms with Crippen LogP contribution in [0.4, 0.5) is 5.69 Å². The molecule has 0 aromatic heterocycles. The summed E-state index contributed by atoms with van der Waals surface area (Å²) in [6.07, 6.45) is 0.661. The number of carbonyl (C=O) groups excluding carboxylic acids is 2. The van der Waals surface area contributed by atoms with E-state index in [0.29, 0.717) is 0 Å². The standard InChI is InChI=1S/C15H21NO3/c1-11(2)19-14-8-6-13(7-9-14)16(4)15(18)10-5-12(3)17/h6-9,11H,5,10H2,1-4H3. The van der Waals surface area contributed by atoms with Crippen molar-refractivity contribution in [1.82, 2.24) is 0 Å². The fraction of sp³-hybridized carbons (Fsp3) is 0.467. The van der Waals surface area contributed by atoms with Gasteiger partial charge in [0.25, 0.3) is 0 Å². The van der Waals surface area contributed by atoms with Crippen molar-refractivity contribution < 1.29 is 14.3 Å². The molecule has 0 radical (unpaired) electrons. The second-order valence-corrected chi connectivity index (χ2v) is 4.82. The van der Waals surface area contributed by atoms with Gasteiger partial charge in [-0.2, -0.15) is 0 Å². The van der Waals surface area contributed by atoms with Gasteiger partial charge in [0.2, 0.25) is 5.91 Å². The lowest BCUT2D eigenvalue weighted by atomic mass is 10.2. The van der Waals surface area contributed by atoms with Crippen LogP contribution in [-0.2, 0) is 9.59 Å². The minimum absolute atomic E-state index is 0.0300. The second-order valence-electron chi connectivity index (χ2n) is 4.82. The van der Waals surface area contributed by atoms with E-state index in [0.717, 1.165) is 11.4 Å². The van der Waals surface area contributed by atoms with Crippen molar-refractivity contribution in [3.05, 3.63) is 24.3 Å². The van der Waals surface area contributed by atoms with E-state index in [-0.39, 0.29) is 30.6 Å². The molecule has 0 bridgehead atoms. The molecule has 1 amide bonds. The molecule has 0 spiro atoms. The normalized spacial score (nSPS) is 10.4. The number of amides is 1. The molecule has 1 rings (SSSR count). The van der Waals surface area contributed by atoms with Crippen LogP contribution in [-0.4, -0.2) is 24.8 Å². The summed E-state index contributed by atoms with van der Waals surface area (Å²) in [6.45, 7) is 5.42. The first-order valence-corrected chi connectivity index (χ1v) is 6.43. The fourth-order valence-electron chi connectivity index (χ4n) is 1.62. The van der Waals surface area contributed by atoms with Crippen molar-refractivity contribution in [3.8, 4) is 5.75 Å². The van der Waals surface area contributed by atoms with Crippen molar-refractivity contribution in [3.63, 3.8) is 0 Å². The second kappa shape index (κ2) is 6.92. The Bertz CT molecular complexity index is 437. The van der Waals surface area contributed by atoms with Crippen LogP contribution in [0.25, 0.3) is 0 Å². The van der Waals surface area contributed by atoms with Crippen LogP contribution in [0.1, 0.15) is 33.6 Å². The maximum absolute atomic E-state index is 11.9. The zero-order valence-corrected chi connectivity index (χ0v) is 12.0. The third kappa shape index (κ3) is 5.12. The molecular weight excluding hydrogens is 242 g/mol. The minimum Gasteiger partial charge on any atom is -0.491 e. The number of rotatable bonds is 6. The zero-order chi connectivity index (χ0) is 14.4. The van der Waals surface area contributed by atoms with E-state index in [2.05, 4.69) is 0 Å². The highest BCUT2D eigenvalue weighted by Gasteiger charge is 2.11. The number of hydrogen-bond donors (Lipinski definition) is 0. The summed E-state index contributed by atoms with van der Waals surface area (Å²) in [5, 5.41) is 0. The first-order chi connectivity index (χ1) is 8.90. The Morgan fingerprint density at radius 3 is 2.21 bits per heavy atom. The SMILES string of the molecule is CC(=O)CCC(=O)N(C)c1ccc(OC(C)C)cc1. The molecule has 19 heavy (non-hydrogen) atoms. The van der Waals surface area contributed by atoms with Crippen LogP contribution >= 0.6 is 0 Å². The van der Waals surface area contributed by atoms with Gasteiger partial charge in [-0.1, -0.05) is 0 Å². The van der Waals surface area contributed by atoms with Crippen molar-refractivity contribution in [2.24, 2.45) is 0 Å². The molecular formula is C15H21NO3. The Balaban J connectivity index is 2.64. The first kappa shape index (κ1) is 15.2. The molecule has 104 valence electrons. The first-order valence-electron chi connectivity index (χ1n) is 6.43. The summed E-state index contributed by atoms with van der Waals surface area (Å²) in [7, 11) is 1.71.